The van der Waals surface area contributed by atoms with Crippen LogP contribution in [-0.2, 0) is 4.79 Å². The molecule has 3 nitrogen and oxygen atoms in total. The molecule has 100 valence electrons. The summed E-state index contributed by atoms with van der Waals surface area (Å²) in [4.78, 5) is 11.7. The van der Waals surface area contributed by atoms with Gasteiger partial charge in [-0.1, -0.05) is 33.6 Å². The summed E-state index contributed by atoms with van der Waals surface area (Å²) < 4.78 is 5.06. The van der Waals surface area contributed by atoms with Crippen molar-refractivity contribution in [2.75, 3.05) is 6.61 Å². The van der Waals surface area contributed by atoms with E-state index in [4.69, 9.17) is 4.74 Å². The van der Waals surface area contributed by atoms with Crippen LogP contribution < -0.4 is 10.1 Å². The molecule has 1 rings (SSSR count). The molecule has 1 aromatic carbocycles. The number of nitrogens with one attached hydrogen (secondary N) is 1. The Morgan fingerprint density at radius 2 is 1.94 bits per heavy atom. The minimum Gasteiger partial charge on any atom is -0.491 e. The number of aryl methyl sites for hydroxylation is 1. The van der Waals surface area contributed by atoms with E-state index < -0.39 is 4.32 Å². The Balaban J connectivity index is 2.40. The zero-order valence-corrected chi connectivity index (χ0v) is 12.9. The molecule has 1 unspecified atom stereocenters. The van der Waals surface area contributed by atoms with Gasteiger partial charge in [0.1, 0.15) is 12.4 Å². The predicted molar refractivity (Wildman–Crippen MR) is 77.3 cm³/mol. The Bertz CT molecular complexity index is 395. The SMILES string of the molecule is Cc1ccc(OCC(C)NC(=O)C(C)(C)Br)cc1. The number of halogens is 1. The lowest BCUT2D eigenvalue weighted by Crippen LogP contribution is -2.44. The van der Waals surface area contributed by atoms with Crippen molar-refractivity contribution in [3.8, 4) is 5.75 Å². The minimum atomic E-state index is -0.550. The van der Waals surface area contributed by atoms with Crippen LogP contribution in [0.3, 0.4) is 0 Å². The molecular formula is C14H20BrNO2. The average molecular weight is 314 g/mol. The van der Waals surface area contributed by atoms with Gasteiger partial charge in [0.25, 0.3) is 0 Å². The molecule has 1 aromatic rings. The molecule has 1 N–H and O–H groups in total. The normalized spacial score (nSPS) is 12.9. The third kappa shape index (κ3) is 5.08. The van der Waals surface area contributed by atoms with Crippen molar-refractivity contribution in [2.45, 2.75) is 38.1 Å². The maximum atomic E-state index is 11.7. The number of ether oxygens (including phenoxy) is 1. The maximum Gasteiger partial charge on any atom is 0.236 e. The molecule has 0 aliphatic carbocycles. The second kappa shape index (κ2) is 6.23. The highest BCUT2D eigenvalue weighted by Gasteiger charge is 2.24. The van der Waals surface area contributed by atoms with E-state index in [9.17, 15) is 4.79 Å². The molecule has 0 heterocycles. The van der Waals surface area contributed by atoms with Crippen molar-refractivity contribution in [3.63, 3.8) is 0 Å². The zero-order valence-electron chi connectivity index (χ0n) is 11.3. The largest absolute Gasteiger partial charge is 0.491 e. The average Bonchev–Trinajstić information content (AvgIpc) is 2.27. The van der Waals surface area contributed by atoms with Gasteiger partial charge in [-0.05, 0) is 39.8 Å². The number of hydrogen-bond donors (Lipinski definition) is 1. The van der Waals surface area contributed by atoms with Crippen molar-refractivity contribution in [1.82, 2.24) is 5.32 Å². The van der Waals surface area contributed by atoms with E-state index >= 15 is 0 Å². The molecule has 0 aliphatic rings. The summed E-state index contributed by atoms with van der Waals surface area (Å²) in [7, 11) is 0. The van der Waals surface area contributed by atoms with Crippen molar-refractivity contribution in [2.24, 2.45) is 0 Å². The summed E-state index contributed by atoms with van der Waals surface area (Å²) in [6.07, 6.45) is 0. The summed E-state index contributed by atoms with van der Waals surface area (Å²) in [5, 5.41) is 2.89. The van der Waals surface area contributed by atoms with Crippen LogP contribution in [0.15, 0.2) is 24.3 Å². The van der Waals surface area contributed by atoms with Gasteiger partial charge in [0, 0.05) is 0 Å². The first-order chi connectivity index (χ1) is 8.29. The summed E-state index contributed by atoms with van der Waals surface area (Å²) in [6, 6.07) is 7.83. The minimum absolute atomic E-state index is 0.0318. The molecule has 0 fully saturated rings. The van der Waals surface area contributed by atoms with Crippen molar-refractivity contribution in [1.29, 1.82) is 0 Å². The lowest BCUT2D eigenvalue weighted by molar-refractivity contribution is -0.123. The smallest absolute Gasteiger partial charge is 0.236 e. The fourth-order valence-corrected chi connectivity index (χ4v) is 1.41. The molecule has 18 heavy (non-hydrogen) atoms. The van der Waals surface area contributed by atoms with Gasteiger partial charge in [0.05, 0.1) is 10.4 Å². The van der Waals surface area contributed by atoms with Gasteiger partial charge in [-0.25, -0.2) is 0 Å². The van der Waals surface area contributed by atoms with Gasteiger partial charge in [-0.2, -0.15) is 0 Å². The first kappa shape index (κ1) is 15.0. The number of hydrogen-bond acceptors (Lipinski definition) is 2. The number of rotatable bonds is 5. The van der Waals surface area contributed by atoms with Crippen LogP contribution in [0.1, 0.15) is 26.3 Å². The number of alkyl halides is 1. The van der Waals surface area contributed by atoms with Crippen molar-refractivity contribution >= 4 is 21.8 Å². The number of benzene rings is 1. The predicted octanol–water partition coefficient (Wildman–Crippen LogP) is 3.05. The topological polar surface area (TPSA) is 38.3 Å². The summed E-state index contributed by atoms with van der Waals surface area (Å²) >= 11 is 3.32. The highest BCUT2D eigenvalue weighted by atomic mass is 79.9. The van der Waals surface area contributed by atoms with E-state index in [1.807, 2.05) is 52.0 Å². The van der Waals surface area contributed by atoms with Crippen molar-refractivity contribution in [3.05, 3.63) is 29.8 Å². The quantitative estimate of drug-likeness (QED) is 0.848. The van der Waals surface area contributed by atoms with Gasteiger partial charge < -0.3 is 10.1 Å². The molecule has 4 heteroatoms. The van der Waals surface area contributed by atoms with Gasteiger partial charge >= 0.3 is 0 Å². The van der Waals surface area contributed by atoms with E-state index in [2.05, 4.69) is 21.2 Å². The highest BCUT2D eigenvalue weighted by molar-refractivity contribution is 9.10. The molecule has 0 aliphatic heterocycles. The Morgan fingerprint density at radius 3 is 2.44 bits per heavy atom. The fourth-order valence-electron chi connectivity index (χ4n) is 1.29. The standard InChI is InChI=1S/C14H20BrNO2/c1-10-5-7-12(8-6-10)18-9-11(2)16-13(17)14(3,4)15/h5-8,11H,9H2,1-4H3,(H,16,17). The van der Waals surface area contributed by atoms with Gasteiger partial charge in [0.15, 0.2) is 0 Å². The Hall–Kier alpha value is -1.03. The maximum absolute atomic E-state index is 11.7. The van der Waals surface area contributed by atoms with Gasteiger partial charge in [0.2, 0.25) is 5.91 Å². The molecule has 0 spiro atoms. The summed E-state index contributed by atoms with van der Waals surface area (Å²) in [5.74, 6) is 0.780. The lowest BCUT2D eigenvalue weighted by Gasteiger charge is -2.20. The molecule has 1 atom stereocenters. The van der Waals surface area contributed by atoms with E-state index in [0.29, 0.717) is 6.61 Å². The first-order valence-corrected chi connectivity index (χ1v) is 6.77. The summed E-state index contributed by atoms with van der Waals surface area (Å²) in [6.45, 7) is 8.04. The molecule has 0 saturated carbocycles. The Labute approximate surface area is 117 Å². The molecule has 0 radical (unpaired) electrons. The van der Waals surface area contributed by atoms with E-state index in [0.717, 1.165) is 5.75 Å². The van der Waals surface area contributed by atoms with E-state index in [1.54, 1.807) is 0 Å². The molecule has 0 bridgehead atoms. The Morgan fingerprint density at radius 1 is 1.39 bits per heavy atom. The van der Waals surface area contributed by atoms with Gasteiger partial charge in [-0.15, -0.1) is 0 Å². The van der Waals surface area contributed by atoms with E-state index in [1.165, 1.54) is 5.56 Å². The lowest BCUT2D eigenvalue weighted by atomic mass is 10.2. The van der Waals surface area contributed by atoms with Crippen LogP contribution in [0.4, 0.5) is 0 Å². The fraction of sp³-hybridized carbons (Fsp3) is 0.500. The number of carbonyl (C=O) groups is 1. The molecule has 0 saturated heterocycles. The zero-order chi connectivity index (χ0) is 13.8. The summed E-state index contributed by atoms with van der Waals surface area (Å²) in [5.41, 5.74) is 1.20. The second-order valence-corrected chi connectivity index (χ2v) is 6.95. The van der Waals surface area contributed by atoms with E-state index in [-0.39, 0.29) is 11.9 Å². The van der Waals surface area contributed by atoms with Crippen LogP contribution in [0, 0.1) is 6.92 Å². The van der Waals surface area contributed by atoms with Crippen LogP contribution in [-0.4, -0.2) is 22.9 Å². The number of carbonyl (C=O) groups excluding carboxylic acids is 1. The van der Waals surface area contributed by atoms with Crippen LogP contribution in [0.2, 0.25) is 0 Å². The monoisotopic (exact) mass is 313 g/mol. The van der Waals surface area contributed by atoms with Crippen LogP contribution >= 0.6 is 15.9 Å². The molecule has 0 aromatic heterocycles. The van der Waals surface area contributed by atoms with Gasteiger partial charge in [-0.3, -0.25) is 4.79 Å². The number of amides is 1. The van der Waals surface area contributed by atoms with Crippen LogP contribution in [0.25, 0.3) is 0 Å². The Kier molecular flexibility index (Phi) is 5.20. The second-order valence-electron chi connectivity index (χ2n) is 4.97. The third-order valence-corrected chi connectivity index (χ3v) is 2.80. The molecule has 1 amide bonds. The highest BCUT2D eigenvalue weighted by Crippen LogP contribution is 2.16. The van der Waals surface area contributed by atoms with Crippen molar-refractivity contribution < 1.29 is 9.53 Å². The van der Waals surface area contributed by atoms with Crippen LogP contribution in [0.5, 0.6) is 5.75 Å². The third-order valence-electron chi connectivity index (χ3n) is 2.44. The first-order valence-electron chi connectivity index (χ1n) is 5.98. The molecular weight excluding hydrogens is 294 g/mol.